The molecular formula is C12H23NO. The van der Waals surface area contributed by atoms with E-state index in [4.69, 9.17) is 0 Å². The van der Waals surface area contributed by atoms with E-state index in [1.165, 1.54) is 32.1 Å². The first-order valence-electron chi connectivity index (χ1n) is 5.94. The van der Waals surface area contributed by atoms with Gasteiger partial charge in [-0.3, -0.25) is 4.79 Å². The van der Waals surface area contributed by atoms with E-state index >= 15 is 0 Å². The van der Waals surface area contributed by atoms with Crippen molar-refractivity contribution in [1.82, 2.24) is 5.32 Å². The third-order valence-electron chi connectivity index (χ3n) is 3.58. The van der Waals surface area contributed by atoms with Crippen LogP contribution in [0.2, 0.25) is 0 Å². The summed E-state index contributed by atoms with van der Waals surface area (Å²) in [6, 6.07) is 0.445. The lowest BCUT2D eigenvalue weighted by Crippen LogP contribution is -2.42. The van der Waals surface area contributed by atoms with E-state index in [2.05, 4.69) is 19.2 Å². The summed E-state index contributed by atoms with van der Waals surface area (Å²) in [4.78, 5) is 11.0. The summed E-state index contributed by atoms with van der Waals surface area (Å²) in [5, 5.41) is 3.09. The molecule has 0 aromatic carbocycles. The molecule has 3 atom stereocenters. The van der Waals surface area contributed by atoms with Crippen LogP contribution in [0, 0.1) is 11.8 Å². The molecule has 0 aromatic rings. The van der Waals surface area contributed by atoms with Crippen LogP contribution in [0.25, 0.3) is 0 Å². The summed E-state index contributed by atoms with van der Waals surface area (Å²) in [6.45, 7) is 6.13. The van der Waals surface area contributed by atoms with Gasteiger partial charge in [-0.2, -0.15) is 0 Å². The van der Waals surface area contributed by atoms with Gasteiger partial charge in [0.2, 0.25) is 5.91 Å². The molecule has 1 aliphatic carbocycles. The lowest BCUT2D eigenvalue weighted by molar-refractivity contribution is -0.120. The van der Waals surface area contributed by atoms with Gasteiger partial charge < -0.3 is 5.32 Å². The molecule has 3 unspecified atom stereocenters. The molecule has 0 heterocycles. The van der Waals surface area contributed by atoms with Gasteiger partial charge in [-0.05, 0) is 31.1 Å². The first kappa shape index (κ1) is 11.5. The molecule has 0 aromatic heterocycles. The van der Waals surface area contributed by atoms with E-state index < -0.39 is 0 Å². The predicted molar refractivity (Wildman–Crippen MR) is 59.0 cm³/mol. The van der Waals surface area contributed by atoms with Gasteiger partial charge in [-0.25, -0.2) is 0 Å². The molecule has 1 rings (SSSR count). The smallest absolute Gasteiger partial charge is 0.217 e. The zero-order valence-electron chi connectivity index (χ0n) is 9.68. The van der Waals surface area contributed by atoms with Crippen LogP contribution in [0.5, 0.6) is 0 Å². The van der Waals surface area contributed by atoms with Gasteiger partial charge in [0, 0.05) is 13.0 Å². The summed E-state index contributed by atoms with van der Waals surface area (Å²) in [6.07, 6.45) is 6.26. The minimum atomic E-state index is 0.128. The molecule has 1 saturated carbocycles. The SMILES string of the molecule is CCC1CCC(NC(C)=O)C(CC)C1. The second-order valence-corrected chi connectivity index (χ2v) is 4.56. The highest BCUT2D eigenvalue weighted by Gasteiger charge is 2.28. The van der Waals surface area contributed by atoms with Gasteiger partial charge in [-0.15, -0.1) is 0 Å². The zero-order chi connectivity index (χ0) is 10.6. The van der Waals surface area contributed by atoms with Crippen LogP contribution in [0.15, 0.2) is 0 Å². The van der Waals surface area contributed by atoms with Crippen molar-refractivity contribution < 1.29 is 4.79 Å². The van der Waals surface area contributed by atoms with Crippen molar-refractivity contribution >= 4 is 5.91 Å². The van der Waals surface area contributed by atoms with Crippen LogP contribution in [0.3, 0.4) is 0 Å². The summed E-state index contributed by atoms with van der Waals surface area (Å²) >= 11 is 0. The Bertz CT molecular complexity index is 191. The number of amides is 1. The van der Waals surface area contributed by atoms with Crippen molar-refractivity contribution in [2.45, 2.75) is 58.9 Å². The average molecular weight is 197 g/mol. The van der Waals surface area contributed by atoms with E-state index in [0.717, 1.165) is 5.92 Å². The van der Waals surface area contributed by atoms with E-state index in [1.807, 2.05) is 0 Å². The maximum Gasteiger partial charge on any atom is 0.217 e. The highest BCUT2D eigenvalue weighted by molar-refractivity contribution is 5.73. The van der Waals surface area contributed by atoms with Crippen molar-refractivity contribution in [2.24, 2.45) is 11.8 Å². The molecular weight excluding hydrogens is 174 g/mol. The monoisotopic (exact) mass is 197 g/mol. The molecule has 1 fully saturated rings. The zero-order valence-corrected chi connectivity index (χ0v) is 9.68. The van der Waals surface area contributed by atoms with Gasteiger partial charge in [0.25, 0.3) is 0 Å². The lowest BCUT2D eigenvalue weighted by atomic mass is 9.76. The summed E-state index contributed by atoms with van der Waals surface area (Å²) in [5.74, 6) is 1.73. The van der Waals surface area contributed by atoms with E-state index in [1.54, 1.807) is 6.92 Å². The number of hydrogen-bond donors (Lipinski definition) is 1. The molecule has 1 amide bonds. The fraction of sp³-hybridized carbons (Fsp3) is 0.917. The number of hydrogen-bond acceptors (Lipinski definition) is 1. The molecule has 14 heavy (non-hydrogen) atoms. The Kier molecular flexibility index (Phi) is 4.43. The molecule has 1 N–H and O–H groups in total. The van der Waals surface area contributed by atoms with Crippen molar-refractivity contribution in [2.75, 3.05) is 0 Å². The van der Waals surface area contributed by atoms with Crippen LogP contribution >= 0.6 is 0 Å². The summed E-state index contributed by atoms with van der Waals surface area (Å²) in [7, 11) is 0. The Balaban J connectivity index is 2.47. The minimum Gasteiger partial charge on any atom is -0.353 e. The Morgan fingerprint density at radius 2 is 2.00 bits per heavy atom. The van der Waals surface area contributed by atoms with Crippen molar-refractivity contribution in [3.63, 3.8) is 0 Å². The van der Waals surface area contributed by atoms with Crippen molar-refractivity contribution in [1.29, 1.82) is 0 Å². The highest BCUT2D eigenvalue weighted by Crippen LogP contribution is 2.32. The lowest BCUT2D eigenvalue weighted by Gasteiger charge is -2.35. The van der Waals surface area contributed by atoms with Crippen molar-refractivity contribution in [3.05, 3.63) is 0 Å². The minimum absolute atomic E-state index is 0.128. The number of nitrogens with one attached hydrogen (secondary N) is 1. The molecule has 0 bridgehead atoms. The van der Waals surface area contributed by atoms with Gasteiger partial charge in [0.15, 0.2) is 0 Å². The van der Waals surface area contributed by atoms with Crippen molar-refractivity contribution in [3.8, 4) is 0 Å². The quantitative estimate of drug-likeness (QED) is 0.740. The van der Waals surface area contributed by atoms with Crippen LogP contribution in [0.4, 0.5) is 0 Å². The second-order valence-electron chi connectivity index (χ2n) is 4.56. The maximum absolute atomic E-state index is 11.0. The maximum atomic E-state index is 11.0. The van der Waals surface area contributed by atoms with Gasteiger partial charge >= 0.3 is 0 Å². The van der Waals surface area contributed by atoms with E-state index in [-0.39, 0.29) is 5.91 Å². The average Bonchev–Trinajstić information content (AvgIpc) is 2.17. The molecule has 0 aliphatic heterocycles. The number of carbonyl (C=O) groups excluding carboxylic acids is 1. The van der Waals surface area contributed by atoms with Crippen LogP contribution in [0.1, 0.15) is 52.9 Å². The Morgan fingerprint density at radius 1 is 1.29 bits per heavy atom. The normalized spacial score (nSPS) is 32.6. The van der Waals surface area contributed by atoms with E-state index in [9.17, 15) is 4.79 Å². The summed E-state index contributed by atoms with van der Waals surface area (Å²) < 4.78 is 0. The Hall–Kier alpha value is -0.530. The topological polar surface area (TPSA) is 29.1 Å². The molecule has 0 spiro atoms. The molecule has 1 aliphatic rings. The third-order valence-corrected chi connectivity index (χ3v) is 3.58. The number of carbonyl (C=O) groups is 1. The van der Waals surface area contributed by atoms with E-state index in [0.29, 0.717) is 12.0 Å². The molecule has 0 radical (unpaired) electrons. The van der Waals surface area contributed by atoms with Crippen LogP contribution in [-0.2, 0) is 4.79 Å². The van der Waals surface area contributed by atoms with Gasteiger partial charge in [0.1, 0.15) is 0 Å². The number of rotatable bonds is 3. The van der Waals surface area contributed by atoms with Gasteiger partial charge in [-0.1, -0.05) is 26.7 Å². The fourth-order valence-electron chi connectivity index (χ4n) is 2.63. The Morgan fingerprint density at radius 3 is 2.50 bits per heavy atom. The van der Waals surface area contributed by atoms with Gasteiger partial charge in [0.05, 0.1) is 0 Å². The predicted octanol–water partition coefficient (Wildman–Crippen LogP) is 2.73. The third kappa shape index (κ3) is 3.00. The van der Waals surface area contributed by atoms with Crippen LogP contribution < -0.4 is 5.32 Å². The molecule has 2 heteroatoms. The van der Waals surface area contributed by atoms with Crippen LogP contribution in [-0.4, -0.2) is 11.9 Å². The molecule has 0 saturated heterocycles. The summed E-state index contributed by atoms with van der Waals surface area (Å²) in [5.41, 5.74) is 0. The first-order valence-corrected chi connectivity index (χ1v) is 5.94. The Labute approximate surface area is 87.5 Å². The standard InChI is InChI=1S/C12H23NO/c1-4-10-6-7-12(13-9(3)14)11(5-2)8-10/h10-12H,4-8H2,1-3H3,(H,13,14). The fourth-order valence-corrected chi connectivity index (χ4v) is 2.63. The first-order chi connectivity index (χ1) is 6.67. The molecule has 82 valence electrons. The largest absolute Gasteiger partial charge is 0.353 e. The molecule has 2 nitrogen and oxygen atoms in total. The second kappa shape index (κ2) is 5.38. The highest BCUT2D eigenvalue weighted by atomic mass is 16.1.